The predicted molar refractivity (Wildman–Crippen MR) is 128 cm³/mol. The van der Waals surface area contributed by atoms with Crippen LogP contribution in [-0.4, -0.2) is 22.0 Å². The minimum atomic E-state index is -1.98. The lowest BCUT2D eigenvalue weighted by Crippen LogP contribution is -2.43. The van der Waals surface area contributed by atoms with E-state index < -0.39 is 11.4 Å². The maximum Gasteiger partial charge on any atom is 0.243 e. The number of amidine groups is 2. The first-order valence-electron chi connectivity index (χ1n) is 11.0. The molecule has 1 heterocycles. The van der Waals surface area contributed by atoms with Crippen LogP contribution >= 0.6 is 0 Å². The summed E-state index contributed by atoms with van der Waals surface area (Å²) in [4.78, 5) is 18.2. The van der Waals surface area contributed by atoms with Crippen molar-refractivity contribution in [3.63, 3.8) is 0 Å². The highest BCUT2D eigenvalue weighted by Gasteiger charge is 2.47. The van der Waals surface area contributed by atoms with Gasteiger partial charge < -0.3 is 10.8 Å². The highest BCUT2D eigenvalue weighted by atomic mass is 16.3. The summed E-state index contributed by atoms with van der Waals surface area (Å²) < 4.78 is 1.62. The molecule has 5 rings (SSSR count). The molecule has 3 aromatic carbocycles. The number of fused-ring (bicyclic) bond motifs is 3. The minimum absolute atomic E-state index is 0.0195. The molecule has 1 aliphatic carbocycles. The van der Waals surface area contributed by atoms with E-state index in [0.717, 1.165) is 11.1 Å². The second-order valence-corrected chi connectivity index (χ2v) is 8.66. The van der Waals surface area contributed by atoms with Crippen LogP contribution in [0.25, 0.3) is 0 Å². The number of benzene rings is 3. The second-order valence-electron chi connectivity index (χ2n) is 8.66. The van der Waals surface area contributed by atoms with E-state index in [1.807, 2.05) is 62.4 Å². The molecular formula is C28H22N4O2. The number of nitrogens with zero attached hydrogens (tertiary/aromatic N) is 3. The lowest BCUT2D eigenvalue weighted by atomic mass is 9.86. The van der Waals surface area contributed by atoms with Gasteiger partial charge in [-0.05, 0) is 49.3 Å². The van der Waals surface area contributed by atoms with Crippen LogP contribution in [-0.2, 0) is 5.60 Å². The molecule has 0 bridgehead atoms. The van der Waals surface area contributed by atoms with Crippen molar-refractivity contribution in [2.45, 2.75) is 25.9 Å². The summed E-state index contributed by atoms with van der Waals surface area (Å²) in [5.74, 6) is -0.0657. The topological polar surface area (TPSA) is 105 Å². The van der Waals surface area contributed by atoms with Gasteiger partial charge in [-0.3, -0.25) is 4.79 Å². The maximum absolute atomic E-state index is 14.5. The van der Waals surface area contributed by atoms with Crippen molar-refractivity contribution in [1.82, 2.24) is 0 Å². The quantitative estimate of drug-likeness (QED) is 0.606. The number of ketones is 1. The molecule has 0 amide bonds. The normalized spacial score (nSPS) is 20.8. The van der Waals surface area contributed by atoms with Crippen LogP contribution < -0.4 is 10.8 Å². The Morgan fingerprint density at radius 3 is 2.26 bits per heavy atom. The van der Waals surface area contributed by atoms with Gasteiger partial charge in [0.1, 0.15) is 23.0 Å². The Hall–Kier alpha value is -4.34. The highest BCUT2D eigenvalue weighted by Crippen LogP contribution is 2.45. The third-order valence-corrected chi connectivity index (χ3v) is 6.35. The van der Waals surface area contributed by atoms with Crippen LogP contribution in [0.1, 0.15) is 33.5 Å². The Labute approximate surface area is 197 Å². The number of carbonyl (C=O) groups excluding carboxylic acids is 1. The van der Waals surface area contributed by atoms with E-state index in [1.165, 1.54) is 0 Å². The molecule has 0 saturated heterocycles. The summed E-state index contributed by atoms with van der Waals surface area (Å²) in [6.45, 7) is 3.95. The van der Waals surface area contributed by atoms with Gasteiger partial charge in [-0.1, -0.05) is 59.7 Å². The fourth-order valence-electron chi connectivity index (χ4n) is 4.62. The van der Waals surface area contributed by atoms with Gasteiger partial charge in [-0.25, -0.2) is 0 Å². The molecule has 0 fully saturated rings. The zero-order chi connectivity index (χ0) is 24.0. The second kappa shape index (κ2) is 7.91. The summed E-state index contributed by atoms with van der Waals surface area (Å²) in [6, 6.07) is 23.9. The third-order valence-electron chi connectivity index (χ3n) is 6.35. The molecule has 1 atom stereocenters. The fraction of sp³-hybridized carbons (Fsp3) is 0.143. The van der Waals surface area contributed by atoms with Crippen molar-refractivity contribution in [2.24, 2.45) is 10.7 Å². The summed E-state index contributed by atoms with van der Waals surface area (Å²) in [7, 11) is 0. The third kappa shape index (κ3) is 3.26. The zero-order valence-electron chi connectivity index (χ0n) is 18.9. The highest BCUT2D eigenvalue weighted by molar-refractivity contribution is 6.21. The number of hydrogen-bond donors (Lipinski definition) is 1. The fourth-order valence-corrected chi connectivity index (χ4v) is 4.62. The number of aliphatic imine (C=N–C) groups is 1. The molecule has 166 valence electrons. The molecule has 34 heavy (non-hydrogen) atoms. The smallest absolute Gasteiger partial charge is 0.243 e. The number of rotatable bonds is 2. The van der Waals surface area contributed by atoms with Gasteiger partial charge in [0.15, 0.2) is 5.78 Å². The number of nitriles is 1. The van der Waals surface area contributed by atoms with Crippen molar-refractivity contribution in [3.8, 4) is 6.07 Å². The lowest BCUT2D eigenvalue weighted by molar-refractivity contribution is -0.470. The summed E-state index contributed by atoms with van der Waals surface area (Å²) in [5.41, 5.74) is 8.47. The van der Waals surface area contributed by atoms with Crippen LogP contribution in [0.2, 0.25) is 0 Å². The Morgan fingerprint density at radius 2 is 1.62 bits per heavy atom. The van der Waals surface area contributed by atoms with Crippen molar-refractivity contribution in [2.75, 3.05) is 0 Å². The van der Waals surface area contributed by atoms with Crippen LogP contribution in [0.15, 0.2) is 88.9 Å². The molecular weight excluding hydrogens is 424 g/mol. The summed E-state index contributed by atoms with van der Waals surface area (Å²) in [5, 5.41) is 24.6. The van der Waals surface area contributed by atoms with Crippen LogP contribution in [0.3, 0.4) is 0 Å². The molecule has 0 saturated carbocycles. The SMILES string of the molecule is Cc1ccc(N=C2CC3([O-])C(=C(C#N)C(N)=[N+]2c2ccc(C)cc2)C(=O)c2ccccc23)cc1. The monoisotopic (exact) mass is 446 g/mol. The van der Waals surface area contributed by atoms with E-state index >= 15 is 0 Å². The molecule has 0 aromatic heterocycles. The molecule has 0 spiro atoms. The van der Waals surface area contributed by atoms with E-state index in [9.17, 15) is 15.2 Å². The maximum atomic E-state index is 14.5. The average Bonchev–Trinajstić information content (AvgIpc) is 2.98. The molecule has 2 N–H and O–H groups in total. The largest absolute Gasteiger partial charge is 0.842 e. The van der Waals surface area contributed by atoms with Crippen molar-refractivity contribution in [3.05, 3.63) is 106 Å². The first-order chi connectivity index (χ1) is 16.3. The van der Waals surface area contributed by atoms with E-state index in [4.69, 9.17) is 10.7 Å². The number of aryl methyl sites for hydroxylation is 2. The van der Waals surface area contributed by atoms with Gasteiger partial charge in [0.05, 0.1) is 0 Å². The van der Waals surface area contributed by atoms with Crippen LogP contribution in [0, 0.1) is 25.2 Å². The van der Waals surface area contributed by atoms with E-state index in [2.05, 4.69) is 6.07 Å². The van der Waals surface area contributed by atoms with Gasteiger partial charge in [-0.2, -0.15) is 9.84 Å². The van der Waals surface area contributed by atoms with E-state index in [-0.39, 0.29) is 23.4 Å². The summed E-state index contributed by atoms with van der Waals surface area (Å²) in [6.07, 6.45) is -0.140. The molecule has 6 nitrogen and oxygen atoms in total. The number of carbonyl (C=O) groups is 1. The van der Waals surface area contributed by atoms with Crippen LogP contribution in [0.4, 0.5) is 11.4 Å². The van der Waals surface area contributed by atoms with Gasteiger partial charge in [-0.15, -0.1) is 4.99 Å². The molecule has 1 unspecified atom stereocenters. The predicted octanol–water partition coefficient (Wildman–Crippen LogP) is 3.71. The summed E-state index contributed by atoms with van der Waals surface area (Å²) >= 11 is 0. The Balaban J connectivity index is 1.83. The van der Waals surface area contributed by atoms with Crippen molar-refractivity contribution < 1.29 is 14.5 Å². The van der Waals surface area contributed by atoms with E-state index in [1.54, 1.807) is 28.8 Å². The number of nitrogens with two attached hydrogens (primary N) is 1. The van der Waals surface area contributed by atoms with Crippen molar-refractivity contribution >= 4 is 28.8 Å². The van der Waals surface area contributed by atoms with Gasteiger partial charge >= 0.3 is 0 Å². The molecule has 3 aromatic rings. The van der Waals surface area contributed by atoms with Gasteiger partial charge in [0, 0.05) is 17.6 Å². The Bertz CT molecular complexity index is 1470. The number of hydrogen-bond acceptors (Lipinski definition) is 5. The molecule has 2 aliphatic rings. The lowest BCUT2D eigenvalue weighted by Gasteiger charge is -2.36. The van der Waals surface area contributed by atoms with Gasteiger partial charge in [0.25, 0.3) is 0 Å². The first-order valence-corrected chi connectivity index (χ1v) is 11.0. The van der Waals surface area contributed by atoms with Crippen LogP contribution in [0.5, 0.6) is 0 Å². The molecule has 6 heteroatoms. The Morgan fingerprint density at radius 1 is 1.00 bits per heavy atom. The van der Waals surface area contributed by atoms with Crippen molar-refractivity contribution in [1.29, 1.82) is 5.26 Å². The van der Waals surface area contributed by atoms with Gasteiger partial charge in [0.2, 0.25) is 11.7 Å². The Kier molecular flexibility index (Phi) is 5.00. The minimum Gasteiger partial charge on any atom is -0.842 e. The standard InChI is InChI=1S/C28H21N4O2/c1-17-7-11-19(12-8-17)31-24-15-28(34)23-6-4-3-5-21(23)26(33)25(28)22(16-29)27(30)32(24)20-13-9-18(2)10-14-20/h3-14,30H,15H2,1-2H3/q-1/p+1. The first kappa shape index (κ1) is 21.5. The molecule has 0 radical (unpaired) electrons. The molecule has 1 aliphatic heterocycles. The number of Topliss-reactive ketones (excluding diaryl/α,β-unsaturated/α-hetero) is 1. The zero-order valence-corrected chi connectivity index (χ0v) is 18.9. The average molecular weight is 447 g/mol. The van der Waals surface area contributed by atoms with E-state index in [0.29, 0.717) is 28.3 Å².